The molecule has 3 aromatic carbocycles. The van der Waals surface area contributed by atoms with Crippen molar-refractivity contribution in [2.75, 3.05) is 6.61 Å². The number of esters is 2. The maximum absolute atomic E-state index is 13.5. The van der Waals surface area contributed by atoms with Crippen molar-refractivity contribution in [1.82, 2.24) is 5.32 Å². The van der Waals surface area contributed by atoms with Gasteiger partial charge in [-0.05, 0) is 69.5 Å². The Labute approximate surface area is 283 Å². The van der Waals surface area contributed by atoms with Crippen molar-refractivity contribution < 1.29 is 38.1 Å². The second-order valence-electron chi connectivity index (χ2n) is 12.7. The molecule has 10 heteroatoms. The number of hydrogen-bond donors (Lipinski definition) is 1. The highest BCUT2D eigenvalue weighted by Gasteiger charge is 2.46. The van der Waals surface area contributed by atoms with Crippen LogP contribution in [-0.4, -0.2) is 46.1 Å². The number of imide groups is 1. The summed E-state index contributed by atoms with van der Waals surface area (Å²) in [7, 11) is 0. The smallest absolute Gasteiger partial charge is 0.343 e. The molecule has 0 spiro atoms. The summed E-state index contributed by atoms with van der Waals surface area (Å²) in [5.41, 5.74) is 1.72. The fourth-order valence-electron chi connectivity index (χ4n) is 6.36. The molecule has 6 rings (SSSR count). The summed E-state index contributed by atoms with van der Waals surface area (Å²) in [5.74, 6) is -0.391. The van der Waals surface area contributed by atoms with Crippen LogP contribution in [0.3, 0.4) is 0 Å². The third kappa shape index (κ3) is 6.81. The fourth-order valence-corrected chi connectivity index (χ4v) is 7.31. The van der Waals surface area contributed by atoms with Gasteiger partial charge in [0.15, 0.2) is 0 Å². The summed E-state index contributed by atoms with van der Waals surface area (Å²) in [5, 5.41) is 1.41. The van der Waals surface area contributed by atoms with Crippen molar-refractivity contribution in [1.29, 1.82) is 0 Å². The number of hydrogen-bond acceptors (Lipinski definition) is 9. The Balaban J connectivity index is 1.34. The van der Waals surface area contributed by atoms with Crippen LogP contribution in [0.25, 0.3) is 0 Å². The Morgan fingerprint density at radius 1 is 0.917 bits per heavy atom. The van der Waals surface area contributed by atoms with Crippen LogP contribution >= 0.6 is 11.8 Å². The van der Waals surface area contributed by atoms with Gasteiger partial charge in [0.1, 0.15) is 23.2 Å². The van der Waals surface area contributed by atoms with E-state index in [4.69, 9.17) is 18.9 Å². The monoisotopic (exact) mass is 667 g/mol. The van der Waals surface area contributed by atoms with Crippen LogP contribution < -0.4 is 14.8 Å². The number of carbonyl (C=O) groups excluding carboxylic acids is 4. The van der Waals surface area contributed by atoms with Crippen LogP contribution in [0.15, 0.2) is 85.0 Å². The maximum Gasteiger partial charge on any atom is 0.343 e. The molecular weight excluding hydrogens is 630 g/mol. The number of nitrogens with one attached hydrogen (secondary N) is 1. The summed E-state index contributed by atoms with van der Waals surface area (Å²) in [4.78, 5) is 51.1. The van der Waals surface area contributed by atoms with Crippen molar-refractivity contribution in [3.63, 3.8) is 0 Å². The van der Waals surface area contributed by atoms with Gasteiger partial charge >= 0.3 is 11.9 Å². The largest absolute Gasteiger partial charge is 0.484 e. The number of rotatable bonds is 9. The van der Waals surface area contributed by atoms with Crippen LogP contribution in [-0.2, 0) is 14.3 Å². The molecule has 4 atom stereocenters. The van der Waals surface area contributed by atoms with E-state index in [1.54, 1.807) is 48.5 Å². The zero-order chi connectivity index (χ0) is 34.1. The molecule has 2 aliphatic heterocycles. The van der Waals surface area contributed by atoms with Crippen LogP contribution in [0.5, 0.6) is 11.5 Å². The molecule has 9 nitrogen and oxygen atoms in total. The first-order valence-corrected chi connectivity index (χ1v) is 16.7. The number of carbonyl (C=O) groups is 4. The van der Waals surface area contributed by atoms with Gasteiger partial charge in [-0.1, -0.05) is 72.5 Å². The van der Waals surface area contributed by atoms with E-state index in [9.17, 15) is 19.2 Å². The number of thioether (sulfide) groups is 1. The predicted octanol–water partition coefficient (Wildman–Crippen LogP) is 7.28. The molecule has 3 aliphatic rings. The van der Waals surface area contributed by atoms with E-state index in [-0.39, 0.29) is 24.2 Å². The van der Waals surface area contributed by atoms with Crippen LogP contribution in [0.4, 0.5) is 4.79 Å². The van der Waals surface area contributed by atoms with Gasteiger partial charge in [0.25, 0.3) is 5.24 Å². The lowest BCUT2D eigenvalue weighted by molar-refractivity contribution is -0.123. The van der Waals surface area contributed by atoms with E-state index < -0.39 is 34.5 Å². The minimum atomic E-state index is -0.969. The first-order chi connectivity index (χ1) is 23.0. The van der Waals surface area contributed by atoms with Crippen LogP contribution in [0, 0.1) is 20.8 Å². The molecule has 248 valence electrons. The molecule has 0 bridgehead atoms. The lowest BCUT2D eigenvalue weighted by Crippen LogP contribution is -2.47. The van der Waals surface area contributed by atoms with Crippen molar-refractivity contribution >= 4 is 34.8 Å². The second-order valence-corrected chi connectivity index (χ2v) is 13.8. The van der Waals surface area contributed by atoms with Crippen LogP contribution in [0.1, 0.15) is 75.3 Å². The van der Waals surface area contributed by atoms with Crippen molar-refractivity contribution in [3.8, 4) is 11.5 Å². The molecule has 1 saturated heterocycles. The van der Waals surface area contributed by atoms with E-state index in [0.717, 1.165) is 22.9 Å². The van der Waals surface area contributed by atoms with Crippen LogP contribution in [0.2, 0.25) is 0 Å². The van der Waals surface area contributed by atoms with Crippen molar-refractivity contribution in [3.05, 3.63) is 118 Å². The van der Waals surface area contributed by atoms with E-state index in [2.05, 4.69) is 5.32 Å². The number of amides is 2. The standard InChI is InChI=1S/C38H37NO8S/c1-23-24(2)32-30(25(3)31(23)46-35(42)27-16-10-6-11-17-27)28(45-34(41)26-14-8-5-9-15-26)20-37(4,47-32)22-44-38(18-12-7-13-19-38)21-29-33(40)39-36(43)48-29/h5-18,28-29H,19-22H2,1-4H3,(H,39,40,43). The molecule has 1 aliphatic carbocycles. The Morgan fingerprint density at radius 2 is 1.58 bits per heavy atom. The Bertz CT molecular complexity index is 1820. The fraction of sp³-hybridized carbons (Fsp3) is 0.316. The van der Waals surface area contributed by atoms with Gasteiger partial charge < -0.3 is 18.9 Å². The topological polar surface area (TPSA) is 117 Å². The molecule has 0 saturated carbocycles. The zero-order valence-corrected chi connectivity index (χ0v) is 28.1. The molecule has 48 heavy (non-hydrogen) atoms. The normalized spacial score (nSPS) is 24.4. The predicted molar refractivity (Wildman–Crippen MR) is 181 cm³/mol. The number of ether oxygens (including phenoxy) is 4. The molecule has 1 fully saturated rings. The Kier molecular flexibility index (Phi) is 9.31. The average Bonchev–Trinajstić information content (AvgIpc) is 3.40. The first-order valence-electron chi connectivity index (χ1n) is 15.8. The summed E-state index contributed by atoms with van der Waals surface area (Å²) in [6.07, 6.45) is 7.96. The number of fused-ring (bicyclic) bond motifs is 1. The van der Waals surface area contributed by atoms with E-state index in [1.165, 1.54) is 0 Å². The average molecular weight is 668 g/mol. The minimum Gasteiger partial charge on any atom is -0.484 e. The lowest BCUT2D eigenvalue weighted by atomic mass is 9.84. The van der Waals surface area contributed by atoms with Crippen molar-refractivity contribution in [2.45, 2.75) is 69.5 Å². The molecule has 4 unspecified atom stereocenters. The molecule has 0 radical (unpaired) electrons. The second kappa shape index (κ2) is 13.4. The molecule has 0 aromatic heterocycles. The van der Waals surface area contributed by atoms with Gasteiger partial charge in [-0.25, -0.2) is 9.59 Å². The summed E-state index contributed by atoms with van der Waals surface area (Å²) in [6, 6.07) is 17.5. The summed E-state index contributed by atoms with van der Waals surface area (Å²) >= 11 is 0.969. The van der Waals surface area contributed by atoms with Gasteiger partial charge in [0, 0.05) is 24.0 Å². The van der Waals surface area contributed by atoms with Gasteiger partial charge in [0.2, 0.25) is 5.91 Å². The molecular formula is C38H37NO8S. The maximum atomic E-state index is 13.5. The molecule has 2 heterocycles. The van der Waals surface area contributed by atoms with E-state index in [1.807, 2.05) is 64.1 Å². The van der Waals surface area contributed by atoms with Crippen molar-refractivity contribution in [2.24, 2.45) is 0 Å². The molecule has 1 N–H and O–H groups in total. The molecule has 2 amide bonds. The third-order valence-electron chi connectivity index (χ3n) is 9.06. The Hall–Kier alpha value is -4.67. The first kappa shape index (κ1) is 33.2. The summed E-state index contributed by atoms with van der Waals surface area (Å²) in [6.45, 7) is 7.60. The summed E-state index contributed by atoms with van der Waals surface area (Å²) < 4.78 is 25.7. The number of benzene rings is 3. The third-order valence-corrected chi connectivity index (χ3v) is 10.0. The highest BCUT2D eigenvalue weighted by Crippen LogP contribution is 2.50. The quantitative estimate of drug-likeness (QED) is 0.186. The Morgan fingerprint density at radius 3 is 2.19 bits per heavy atom. The SMILES string of the molecule is Cc1c(C)c2c(c(C)c1OC(=O)c1ccccc1)C(OC(=O)c1ccccc1)CC(C)(COC1(CC3SC(=O)NC3=O)C=CC=CC1)O2. The van der Waals surface area contributed by atoms with Gasteiger partial charge in [-0.3, -0.25) is 14.9 Å². The highest BCUT2D eigenvalue weighted by molar-refractivity contribution is 8.15. The van der Waals surface area contributed by atoms with E-state index >= 15 is 0 Å². The van der Waals surface area contributed by atoms with Gasteiger partial charge in [-0.15, -0.1) is 0 Å². The number of allylic oxidation sites excluding steroid dienone is 2. The van der Waals surface area contributed by atoms with Gasteiger partial charge in [-0.2, -0.15) is 0 Å². The van der Waals surface area contributed by atoms with E-state index in [0.29, 0.717) is 46.6 Å². The zero-order valence-electron chi connectivity index (χ0n) is 27.2. The highest BCUT2D eigenvalue weighted by atomic mass is 32.2. The van der Waals surface area contributed by atoms with Gasteiger partial charge in [0.05, 0.1) is 28.6 Å². The lowest BCUT2D eigenvalue weighted by Gasteiger charge is -2.43. The minimum absolute atomic E-state index is 0.0965. The molecule has 3 aromatic rings.